The number of nitrogens with zero attached hydrogens (tertiary/aromatic N) is 1. The molecule has 1 spiro atoms. The van der Waals surface area contributed by atoms with Crippen LogP contribution in [0.25, 0.3) is 0 Å². The molecule has 96 valence electrons. The molecule has 0 bridgehead atoms. The van der Waals surface area contributed by atoms with Gasteiger partial charge in [-0.3, -0.25) is 0 Å². The molecule has 3 heterocycles. The van der Waals surface area contributed by atoms with E-state index in [1.165, 1.54) is 49.3 Å². The Bertz CT molecular complexity index is 458. The third-order valence-electron chi connectivity index (χ3n) is 4.77. The van der Waals surface area contributed by atoms with Gasteiger partial charge in [0.25, 0.3) is 0 Å². The molecule has 1 aromatic carbocycles. The van der Waals surface area contributed by atoms with Crippen LogP contribution in [0.4, 0.5) is 11.4 Å². The van der Waals surface area contributed by atoms with E-state index in [1.807, 2.05) is 0 Å². The van der Waals surface area contributed by atoms with Crippen molar-refractivity contribution in [3.63, 3.8) is 0 Å². The van der Waals surface area contributed by atoms with E-state index in [9.17, 15) is 0 Å². The maximum Gasteiger partial charge on any atom is 0.0472 e. The second-order valence-electron chi connectivity index (χ2n) is 5.99. The molecule has 0 unspecified atom stereocenters. The molecule has 18 heavy (non-hydrogen) atoms. The highest BCUT2D eigenvalue weighted by Crippen LogP contribution is 2.42. The van der Waals surface area contributed by atoms with Gasteiger partial charge in [-0.15, -0.1) is 0 Å². The van der Waals surface area contributed by atoms with Gasteiger partial charge in [0, 0.05) is 49.6 Å². The van der Waals surface area contributed by atoms with Crippen molar-refractivity contribution in [2.24, 2.45) is 5.41 Å². The Morgan fingerprint density at radius 3 is 2.83 bits per heavy atom. The lowest BCUT2D eigenvalue weighted by molar-refractivity contribution is -0.000193. The summed E-state index contributed by atoms with van der Waals surface area (Å²) in [6, 6.07) is 6.89. The molecule has 4 rings (SSSR count). The summed E-state index contributed by atoms with van der Waals surface area (Å²) in [5.41, 5.74) is 4.80. The average molecular weight is 244 g/mol. The summed E-state index contributed by atoms with van der Waals surface area (Å²) in [6.45, 7) is 5.47. The number of hydrogen-bond acceptors (Lipinski definition) is 3. The molecular weight excluding hydrogens is 224 g/mol. The molecule has 3 nitrogen and oxygen atoms in total. The molecule has 3 aliphatic heterocycles. The predicted octanol–water partition coefficient (Wildman–Crippen LogP) is 2.27. The summed E-state index contributed by atoms with van der Waals surface area (Å²) in [5.74, 6) is 0. The zero-order valence-corrected chi connectivity index (χ0v) is 10.7. The van der Waals surface area contributed by atoms with E-state index < -0.39 is 0 Å². The fourth-order valence-corrected chi connectivity index (χ4v) is 3.55. The summed E-state index contributed by atoms with van der Waals surface area (Å²) >= 11 is 0. The number of ether oxygens (including phenoxy) is 1. The van der Waals surface area contributed by atoms with Crippen molar-refractivity contribution in [3.8, 4) is 0 Å². The lowest BCUT2D eigenvalue weighted by Crippen LogP contribution is -2.58. The quantitative estimate of drug-likeness (QED) is 0.820. The summed E-state index contributed by atoms with van der Waals surface area (Å²) in [4.78, 5) is 2.53. The van der Waals surface area contributed by atoms with Crippen molar-refractivity contribution < 1.29 is 4.74 Å². The number of anilines is 2. The van der Waals surface area contributed by atoms with Gasteiger partial charge in [-0.25, -0.2) is 0 Å². The SMILES string of the molecule is c1cc2c(cc1N1CC3(CCOCC3)C1)CCN2. The van der Waals surface area contributed by atoms with Gasteiger partial charge in [-0.05, 0) is 43.0 Å². The van der Waals surface area contributed by atoms with Gasteiger partial charge in [-0.1, -0.05) is 0 Å². The van der Waals surface area contributed by atoms with Crippen molar-refractivity contribution in [3.05, 3.63) is 23.8 Å². The fraction of sp³-hybridized carbons (Fsp3) is 0.600. The Balaban J connectivity index is 1.49. The van der Waals surface area contributed by atoms with E-state index in [0.29, 0.717) is 5.41 Å². The number of rotatable bonds is 1. The van der Waals surface area contributed by atoms with E-state index in [0.717, 1.165) is 19.8 Å². The second-order valence-corrected chi connectivity index (χ2v) is 5.99. The summed E-state index contributed by atoms with van der Waals surface area (Å²) < 4.78 is 5.48. The Morgan fingerprint density at radius 2 is 2.00 bits per heavy atom. The van der Waals surface area contributed by atoms with E-state index in [1.54, 1.807) is 0 Å². The Labute approximate surface area is 108 Å². The smallest absolute Gasteiger partial charge is 0.0472 e. The van der Waals surface area contributed by atoms with Crippen molar-refractivity contribution in [1.82, 2.24) is 0 Å². The highest BCUT2D eigenvalue weighted by Gasteiger charge is 2.43. The van der Waals surface area contributed by atoms with E-state index in [4.69, 9.17) is 4.74 Å². The molecule has 2 saturated heterocycles. The van der Waals surface area contributed by atoms with E-state index >= 15 is 0 Å². The molecule has 2 fully saturated rings. The van der Waals surface area contributed by atoms with Crippen molar-refractivity contribution in [1.29, 1.82) is 0 Å². The topological polar surface area (TPSA) is 24.5 Å². The van der Waals surface area contributed by atoms with Crippen LogP contribution in [0.1, 0.15) is 18.4 Å². The number of benzene rings is 1. The molecule has 0 aliphatic carbocycles. The highest BCUT2D eigenvalue weighted by molar-refractivity contribution is 5.64. The molecule has 0 amide bonds. The Morgan fingerprint density at radius 1 is 1.17 bits per heavy atom. The summed E-state index contributed by atoms with van der Waals surface area (Å²) in [5, 5.41) is 3.42. The van der Waals surface area contributed by atoms with E-state index in [-0.39, 0.29) is 0 Å². The monoisotopic (exact) mass is 244 g/mol. The molecule has 3 aliphatic rings. The van der Waals surface area contributed by atoms with Gasteiger partial charge in [0.1, 0.15) is 0 Å². The summed E-state index contributed by atoms with van der Waals surface area (Å²) in [6.07, 6.45) is 3.67. The minimum absolute atomic E-state index is 0.565. The van der Waals surface area contributed by atoms with Gasteiger partial charge in [-0.2, -0.15) is 0 Å². The Hall–Kier alpha value is -1.22. The van der Waals surface area contributed by atoms with Crippen LogP contribution >= 0.6 is 0 Å². The number of fused-ring (bicyclic) bond motifs is 1. The fourth-order valence-electron chi connectivity index (χ4n) is 3.55. The molecule has 0 atom stereocenters. The van der Waals surface area contributed by atoms with E-state index in [2.05, 4.69) is 28.4 Å². The average Bonchev–Trinajstić information content (AvgIpc) is 2.84. The third kappa shape index (κ3) is 1.61. The standard InChI is InChI=1S/C15H20N2O/c1-2-14-12(3-6-16-14)9-13(1)17-10-15(11-17)4-7-18-8-5-15/h1-2,9,16H,3-8,10-11H2. The van der Waals surface area contributed by atoms with Crippen LogP contribution in [-0.4, -0.2) is 32.8 Å². The lowest BCUT2D eigenvalue weighted by atomic mass is 9.73. The number of hydrogen-bond donors (Lipinski definition) is 1. The molecule has 1 N–H and O–H groups in total. The van der Waals surface area contributed by atoms with Gasteiger partial charge >= 0.3 is 0 Å². The zero-order chi connectivity index (χ0) is 12.0. The van der Waals surface area contributed by atoms with Gasteiger partial charge in [0.15, 0.2) is 0 Å². The maximum atomic E-state index is 5.48. The maximum absolute atomic E-state index is 5.48. The first-order valence-corrected chi connectivity index (χ1v) is 7.04. The van der Waals surface area contributed by atoms with Crippen LogP contribution in [0.2, 0.25) is 0 Å². The minimum atomic E-state index is 0.565. The van der Waals surface area contributed by atoms with Crippen LogP contribution < -0.4 is 10.2 Å². The van der Waals surface area contributed by atoms with Gasteiger partial charge in [0.2, 0.25) is 0 Å². The first kappa shape index (κ1) is 10.7. The molecule has 1 aromatic rings. The molecule has 0 radical (unpaired) electrons. The van der Waals surface area contributed by atoms with Crippen LogP contribution in [0.5, 0.6) is 0 Å². The van der Waals surface area contributed by atoms with Crippen LogP contribution in [0, 0.1) is 5.41 Å². The normalized spacial score (nSPS) is 24.6. The van der Waals surface area contributed by atoms with Crippen molar-refractivity contribution in [2.45, 2.75) is 19.3 Å². The largest absolute Gasteiger partial charge is 0.384 e. The lowest BCUT2D eigenvalue weighted by Gasteiger charge is -2.53. The van der Waals surface area contributed by atoms with Crippen LogP contribution in [-0.2, 0) is 11.2 Å². The zero-order valence-electron chi connectivity index (χ0n) is 10.7. The summed E-state index contributed by atoms with van der Waals surface area (Å²) in [7, 11) is 0. The van der Waals surface area contributed by atoms with Gasteiger partial charge in [0.05, 0.1) is 0 Å². The van der Waals surface area contributed by atoms with Crippen LogP contribution in [0.3, 0.4) is 0 Å². The molecule has 3 heteroatoms. The molecule has 0 aromatic heterocycles. The number of nitrogens with one attached hydrogen (secondary N) is 1. The molecular formula is C15H20N2O. The van der Waals surface area contributed by atoms with Crippen molar-refractivity contribution >= 4 is 11.4 Å². The second kappa shape index (κ2) is 3.89. The first-order chi connectivity index (χ1) is 8.85. The van der Waals surface area contributed by atoms with Crippen molar-refractivity contribution in [2.75, 3.05) is 43.1 Å². The third-order valence-corrected chi connectivity index (χ3v) is 4.77. The Kier molecular flexibility index (Phi) is 2.31. The molecule has 0 saturated carbocycles. The minimum Gasteiger partial charge on any atom is -0.384 e. The van der Waals surface area contributed by atoms with Crippen LogP contribution in [0.15, 0.2) is 18.2 Å². The predicted molar refractivity (Wildman–Crippen MR) is 73.3 cm³/mol. The van der Waals surface area contributed by atoms with Gasteiger partial charge < -0.3 is 15.0 Å². The highest BCUT2D eigenvalue weighted by atomic mass is 16.5. The first-order valence-electron chi connectivity index (χ1n) is 7.04.